The summed E-state index contributed by atoms with van der Waals surface area (Å²) < 4.78 is 12.0. The Balaban J connectivity index is 2.33. The van der Waals surface area contributed by atoms with E-state index in [1.54, 1.807) is 13.4 Å². The minimum absolute atomic E-state index is 0.746. The van der Waals surface area contributed by atoms with Crippen molar-refractivity contribution in [2.45, 2.75) is 0 Å². The third-order valence-corrected chi connectivity index (χ3v) is 3.60. The molecule has 0 fully saturated rings. The Labute approximate surface area is 113 Å². The van der Waals surface area contributed by atoms with Gasteiger partial charge in [0.25, 0.3) is 0 Å². The summed E-state index contributed by atoms with van der Waals surface area (Å²) in [5.41, 5.74) is 2.97. The molecule has 1 heterocycles. The number of methoxy groups -OCH3 is 1. The molecule has 0 spiro atoms. The molecule has 0 bridgehead atoms. The van der Waals surface area contributed by atoms with E-state index in [9.17, 15) is 0 Å². The lowest BCUT2D eigenvalue weighted by molar-refractivity contribution is 0.410. The molecular weight excluding hydrogens is 292 g/mol. The van der Waals surface area contributed by atoms with Crippen LogP contribution < -0.4 is 4.74 Å². The van der Waals surface area contributed by atoms with Crippen LogP contribution in [-0.4, -0.2) is 7.11 Å². The molecule has 0 aliphatic rings. The van der Waals surface area contributed by atoms with Gasteiger partial charge in [0.1, 0.15) is 0 Å². The predicted octanol–water partition coefficient (Wildman–Crippen LogP) is 4.87. The Bertz CT molecular complexity index is 686. The highest BCUT2D eigenvalue weighted by molar-refractivity contribution is 9.10. The summed E-state index contributed by atoms with van der Waals surface area (Å²) in [5.74, 6) is 0.746. The van der Waals surface area contributed by atoms with Crippen LogP contribution in [0.5, 0.6) is 5.75 Å². The third-order valence-electron chi connectivity index (χ3n) is 2.94. The van der Waals surface area contributed by atoms with E-state index in [1.165, 1.54) is 0 Å². The van der Waals surface area contributed by atoms with Gasteiger partial charge in [0.05, 0.1) is 13.4 Å². The minimum Gasteiger partial charge on any atom is -0.493 e. The van der Waals surface area contributed by atoms with Gasteiger partial charge >= 0.3 is 0 Å². The molecular formula is C15H11BrO2. The number of benzene rings is 2. The van der Waals surface area contributed by atoms with Gasteiger partial charge in [-0.25, -0.2) is 0 Å². The second kappa shape index (κ2) is 4.50. The highest BCUT2D eigenvalue weighted by Crippen LogP contribution is 2.39. The number of ether oxygens (including phenoxy) is 1. The third kappa shape index (κ3) is 1.71. The van der Waals surface area contributed by atoms with E-state index in [0.717, 1.165) is 32.3 Å². The standard InChI is InChI=1S/C15H11BrO2/c1-17-13-8-7-12(16)14-11(9-18-15(13)14)10-5-3-2-4-6-10/h2-9H,1H3. The van der Waals surface area contributed by atoms with Crippen LogP contribution in [0.15, 0.2) is 57.6 Å². The van der Waals surface area contributed by atoms with Gasteiger partial charge in [0, 0.05) is 15.4 Å². The van der Waals surface area contributed by atoms with Gasteiger partial charge in [-0.3, -0.25) is 0 Å². The average Bonchev–Trinajstić information content (AvgIpc) is 2.86. The summed E-state index contributed by atoms with van der Waals surface area (Å²) in [6.45, 7) is 0. The smallest absolute Gasteiger partial charge is 0.177 e. The van der Waals surface area contributed by atoms with Gasteiger partial charge in [0.15, 0.2) is 11.3 Å². The monoisotopic (exact) mass is 302 g/mol. The number of hydrogen-bond acceptors (Lipinski definition) is 2. The molecule has 0 atom stereocenters. The quantitative estimate of drug-likeness (QED) is 0.674. The van der Waals surface area contributed by atoms with E-state index in [4.69, 9.17) is 9.15 Å². The topological polar surface area (TPSA) is 22.4 Å². The first-order valence-electron chi connectivity index (χ1n) is 5.60. The van der Waals surface area contributed by atoms with Crippen LogP contribution in [0.1, 0.15) is 0 Å². The highest BCUT2D eigenvalue weighted by Gasteiger charge is 2.14. The molecule has 1 aromatic heterocycles. The Morgan fingerprint density at radius 1 is 1.06 bits per heavy atom. The summed E-state index contributed by atoms with van der Waals surface area (Å²) in [4.78, 5) is 0. The first-order valence-corrected chi connectivity index (χ1v) is 6.39. The second-order valence-electron chi connectivity index (χ2n) is 3.97. The van der Waals surface area contributed by atoms with E-state index >= 15 is 0 Å². The van der Waals surface area contributed by atoms with Crippen LogP contribution in [0.25, 0.3) is 22.1 Å². The fourth-order valence-corrected chi connectivity index (χ4v) is 2.60. The number of halogens is 1. The lowest BCUT2D eigenvalue weighted by Gasteiger charge is -2.03. The normalized spacial score (nSPS) is 10.8. The van der Waals surface area contributed by atoms with Crippen molar-refractivity contribution in [1.29, 1.82) is 0 Å². The van der Waals surface area contributed by atoms with E-state index < -0.39 is 0 Å². The summed E-state index contributed by atoms with van der Waals surface area (Å²) in [6, 6.07) is 14.0. The summed E-state index contributed by atoms with van der Waals surface area (Å²) in [7, 11) is 1.65. The zero-order chi connectivity index (χ0) is 12.5. The van der Waals surface area contributed by atoms with Crippen molar-refractivity contribution in [3.8, 4) is 16.9 Å². The van der Waals surface area contributed by atoms with Crippen LogP contribution in [0.2, 0.25) is 0 Å². The van der Waals surface area contributed by atoms with Crippen molar-refractivity contribution in [2.75, 3.05) is 7.11 Å². The van der Waals surface area contributed by atoms with E-state index in [-0.39, 0.29) is 0 Å². The van der Waals surface area contributed by atoms with Gasteiger partial charge < -0.3 is 9.15 Å². The molecule has 0 unspecified atom stereocenters. The first-order chi connectivity index (χ1) is 8.81. The first kappa shape index (κ1) is 11.4. The van der Waals surface area contributed by atoms with Crippen molar-refractivity contribution in [1.82, 2.24) is 0 Å². The zero-order valence-corrected chi connectivity index (χ0v) is 11.4. The number of fused-ring (bicyclic) bond motifs is 1. The van der Waals surface area contributed by atoms with Gasteiger partial charge in [-0.15, -0.1) is 0 Å². The van der Waals surface area contributed by atoms with Crippen LogP contribution in [0.4, 0.5) is 0 Å². The fourth-order valence-electron chi connectivity index (χ4n) is 2.08. The maximum Gasteiger partial charge on any atom is 0.177 e. The summed E-state index contributed by atoms with van der Waals surface area (Å²) in [5, 5.41) is 1.04. The van der Waals surface area contributed by atoms with Crippen molar-refractivity contribution in [3.05, 3.63) is 53.2 Å². The molecule has 2 aromatic carbocycles. The van der Waals surface area contributed by atoms with Crippen LogP contribution >= 0.6 is 15.9 Å². The molecule has 3 heteroatoms. The fraction of sp³-hybridized carbons (Fsp3) is 0.0667. The molecule has 0 N–H and O–H groups in total. The molecule has 18 heavy (non-hydrogen) atoms. The molecule has 2 nitrogen and oxygen atoms in total. The number of hydrogen-bond donors (Lipinski definition) is 0. The lowest BCUT2D eigenvalue weighted by atomic mass is 10.0. The Morgan fingerprint density at radius 3 is 2.56 bits per heavy atom. The zero-order valence-electron chi connectivity index (χ0n) is 9.81. The van der Waals surface area contributed by atoms with Crippen LogP contribution in [-0.2, 0) is 0 Å². The maximum atomic E-state index is 5.65. The van der Waals surface area contributed by atoms with Gasteiger partial charge in [-0.2, -0.15) is 0 Å². The Morgan fingerprint density at radius 2 is 1.83 bits per heavy atom. The number of furan rings is 1. The highest BCUT2D eigenvalue weighted by atomic mass is 79.9. The van der Waals surface area contributed by atoms with Crippen molar-refractivity contribution >= 4 is 26.9 Å². The van der Waals surface area contributed by atoms with E-state index in [2.05, 4.69) is 28.1 Å². The largest absolute Gasteiger partial charge is 0.493 e. The Hall–Kier alpha value is -1.74. The Kier molecular flexibility index (Phi) is 2.84. The molecule has 0 amide bonds. The van der Waals surface area contributed by atoms with E-state index in [1.807, 2.05) is 30.3 Å². The summed E-state index contributed by atoms with van der Waals surface area (Å²) in [6.07, 6.45) is 1.77. The molecule has 90 valence electrons. The van der Waals surface area contributed by atoms with Crippen LogP contribution in [0.3, 0.4) is 0 Å². The molecule has 3 aromatic rings. The molecule has 0 aliphatic carbocycles. The maximum absolute atomic E-state index is 5.65. The second-order valence-corrected chi connectivity index (χ2v) is 4.82. The van der Waals surface area contributed by atoms with Crippen molar-refractivity contribution in [3.63, 3.8) is 0 Å². The van der Waals surface area contributed by atoms with Gasteiger partial charge in [0.2, 0.25) is 0 Å². The average molecular weight is 303 g/mol. The molecule has 3 rings (SSSR count). The SMILES string of the molecule is COc1ccc(Br)c2c(-c3ccccc3)coc12. The number of rotatable bonds is 2. The molecule has 0 saturated carbocycles. The molecule has 0 radical (unpaired) electrons. The summed E-state index contributed by atoms with van der Waals surface area (Å²) >= 11 is 3.57. The van der Waals surface area contributed by atoms with Crippen molar-refractivity contribution in [2.24, 2.45) is 0 Å². The molecule has 0 saturated heterocycles. The predicted molar refractivity (Wildman–Crippen MR) is 75.9 cm³/mol. The van der Waals surface area contributed by atoms with Crippen LogP contribution in [0, 0.1) is 0 Å². The molecule has 0 aliphatic heterocycles. The lowest BCUT2D eigenvalue weighted by Crippen LogP contribution is -1.83. The van der Waals surface area contributed by atoms with Crippen molar-refractivity contribution < 1.29 is 9.15 Å². The minimum atomic E-state index is 0.746. The van der Waals surface area contributed by atoms with E-state index in [0.29, 0.717) is 0 Å². The van der Waals surface area contributed by atoms with Gasteiger partial charge in [-0.1, -0.05) is 46.3 Å². The van der Waals surface area contributed by atoms with Gasteiger partial charge in [-0.05, 0) is 17.7 Å².